The molecule has 1 atom stereocenters. The van der Waals surface area contributed by atoms with Crippen molar-refractivity contribution in [2.45, 2.75) is 4.83 Å². The van der Waals surface area contributed by atoms with Gasteiger partial charge in [-0.15, -0.1) is 0 Å². The van der Waals surface area contributed by atoms with Gasteiger partial charge in [0.25, 0.3) is 0 Å². The van der Waals surface area contributed by atoms with E-state index in [0.29, 0.717) is 5.56 Å². The Balaban J connectivity index is 1.97. The summed E-state index contributed by atoms with van der Waals surface area (Å²) in [6.07, 6.45) is 3.35. The Morgan fingerprint density at radius 3 is 2.29 bits per heavy atom. The highest BCUT2D eigenvalue weighted by Gasteiger charge is 2.20. The van der Waals surface area contributed by atoms with Gasteiger partial charge in [-0.3, -0.25) is 0 Å². The molecule has 0 amide bonds. The van der Waals surface area contributed by atoms with E-state index >= 15 is 0 Å². The third-order valence-corrected chi connectivity index (χ3v) is 4.16. The molecule has 0 N–H and O–H groups in total. The maximum Gasteiger partial charge on any atom is 0.130 e. The summed E-state index contributed by atoms with van der Waals surface area (Å²) in [5.74, 6) is -1.16. The van der Waals surface area contributed by atoms with Gasteiger partial charge in [-0.2, -0.15) is 5.10 Å². The Morgan fingerprint density at radius 2 is 1.62 bits per heavy atom. The summed E-state index contributed by atoms with van der Waals surface area (Å²) < 4.78 is 29.3. The fourth-order valence-electron chi connectivity index (χ4n) is 2.11. The largest absolute Gasteiger partial charge is 0.241 e. The van der Waals surface area contributed by atoms with E-state index < -0.39 is 16.5 Å². The molecule has 21 heavy (non-hydrogen) atoms. The SMILES string of the molecule is Fc1cccc(F)c1C(Br)c1cnn(-c2ccccc2)c1. The van der Waals surface area contributed by atoms with Crippen LogP contribution in [0.2, 0.25) is 0 Å². The first-order valence-electron chi connectivity index (χ1n) is 6.35. The van der Waals surface area contributed by atoms with Crippen LogP contribution in [0.1, 0.15) is 16.0 Å². The van der Waals surface area contributed by atoms with Crippen LogP contribution in [0.15, 0.2) is 60.9 Å². The van der Waals surface area contributed by atoms with Crippen LogP contribution in [-0.4, -0.2) is 9.78 Å². The van der Waals surface area contributed by atoms with Crippen molar-refractivity contribution < 1.29 is 8.78 Å². The van der Waals surface area contributed by atoms with E-state index in [4.69, 9.17) is 0 Å². The van der Waals surface area contributed by atoms with Crippen LogP contribution in [0.25, 0.3) is 5.69 Å². The van der Waals surface area contributed by atoms with Crippen molar-refractivity contribution in [1.82, 2.24) is 9.78 Å². The monoisotopic (exact) mass is 348 g/mol. The minimum absolute atomic E-state index is 0.00916. The van der Waals surface area contributed by atoms with Crippen molar-refractivity contribution in [1.29, 1.82) is 0 Å². The molecule has 1 aromatic heterocycles. The Kier molecular flexibility index (Phi) is 3.84. The number of para-hydroxylation sites is 1. The zero-order valence-corrected chi connectivity index (χ0v) is 12.5. The van der Waals surface area contributed by atoms with E-state index in [0.717, 1.165) is 5.69 Å². The van der Waals surface area contributed by atoms with Crippen molar-refractivity contribution in [3.63, 3.8) is 0 Å². The van der Waals surface area contributed by atoms with Crippen LogP contribution in [-0.2, 0) is 0 Å². The van der Waals surface area contributed by atoms with Crippen molar-refractivity contribution in [3.8, 4) is 5.69 Å². The molecule has 0 aliphatic heterocycles. The van der Waals surface area contributed by atoms with Crippen molar-refractivity contribution in [2.24, 2.45) is 0 Å². The van der Waals surface area contributed by atoms with E-state index in [-0.39, 0.29) is 5.56 Å². The highest BCUT2D eigenvalue weighted by atomic mass is 79.9. The molecule has 0 spiro atoms. The van der Waals surface area contributed by atoms with Gasteiger partial charge in [0.1, 0.15) is 11.6 Å². The predicted octanol–water partition coefficient (Wildman–Crippen LogP) is 4.63. The van der Waals surface area contributed by atoms with Crippen LogP contribution < -0.4 is 0 Å². The van der Waals surface area contributed by atoms with Gasteiger partial charge in [0.2, 0.25) is 0 Å². The van der Waals surface area contributed by atoms with Gasteiger partial charge < -0.3 is 0 Å². The van der Waals surface area contributed by atoms with Crippen LogP contribution in [0.3, 0.4) is 0 Å². The minimum atomic E-state index is -0.587. The minimum Gasteiger partial charge on any atom is -0.241 e. The summed E-state index contributed by atoms with van der Waals surface area (Å²) >= 11 is 3.35. The Labute approximate surface area is 129 Å². The summed E-state index contributed by atoms with van der Waals surface area (Å²) in [5.41, 5.74) is 1.56. The van der Waals surface area contributed by atoms with E-state index in [9.17, 15) is 8.78 Å². The standard InChI is InChI=1S/C16H11BrF2N2/c17-16(15-13(18)7-4-8-14(15)19)11-9-20-21(10-11)12-5-2-1-3-6-12/h1-10,16H. The molecule has 0 bridgehead atoms. The highest BCUT2D eigenvalue weighted by Crippen LogP contribution is 2.34. The Hall–Kier alpha value is -2.01. The van der Waals surface area contributed by atoms with E-state index in [1.54, 1.807) is 17.1 Å². The molecule has 0 aliphatic carbocycles. The van der Waals surface area contributed by atoms with Crippen molar-refractivity contribution >= 4 is 15.9 Å². The maximum atomic E-state index is 13.8. The third kappa shape index (κ3) is 2.74. The van der Waals surface area contributed by atoms with Crippen LogP contribution >= 0.6 is 15.9 Å². The second-order valence-electron chi connectivity index (χ2n) is 4.55. The molecule has 0 saturated carbocycles. The van der Waals surface area contributed by atoms with Crippen LogP contribution in [0.4, 0.5) is 8.78 Å². The summed E-state index contributed by atoms with van der Waals surface area (Å²) in [7, 11) is 0. The Morgan fingerprint density at radius 1 is 0.952 bits per heavy atom. The molecule has 0 saturated heterocycles. The Bertz CT molecular complexity index is 736. The van der Waals surface area contributed by atoms with E-state index in [1.165, 1.54) is 18.2 Å². The topological polar surface area (TPSA) is 17.8 Å². The molecular weight excluding hydrogens is 338 g/mol. The second kappa shape index (κ2) is 5.77. The number of hydrogen-bond acceptors (Lipinski definition) is 1. The lowest BCUT2D eigenvalue weighted by atomic mass is 10.1. The molecule has 3 rings (SSSR count). The molecule has 0 radical (unpaired) electrons. The van der Waals surface area contributed by atoms with Gasteiger partial charge in [-0.25, -0.2) is 13.5 Å². The first-order chi connectivity index (χ1) is 10.2. The van der Waals surface area contributed by atoms with Gasteiger partial charge in [-0.1, -0.05) is 40.2 Å². The normalized spacial score (nSPS) is 12.3. The average molecular weight is 349 g/mol. The molecular formula is C16H11BrF2N2. The lowest BCUT2D eigenvalue weighted by Crippen LogP contribution is -1.99. The first kappa shape index (κ1) is 13.9. The molecule has 1 heterocycles. The lowest BCUT2D eigenvalue weighted by Gasteiger charge is -2.10. The van der Waals surface area contributed by atoms with Crippen molar-refractivity contribution in [2.75, 3.05) is 0 Å². The molecule has 0 fully saturated rings. The highest BCUT2D eigenvalue weighted by molar-refractivity contribution is 9.09. The summed E-state index contributed by atoms with van der Waals surface area (Å²) in [5, 5.41) is 4.23. The number of hydrogen-bond donors (Lipinski definition) is 0. The number of aromatic nitrogens is 2. The average Bonchev–Trinajstić information content (AvgIpc) is 2.97. The number of benzene rings is 2. The maximum absolute atomic E-state index is 13.8. The lowest BCUT2D eigenvalue weighted by molar-refractivity contribution is 0.561. The molecule has 0 aliphatic rings. The number of alkyl halides is 1. The zero-order chi connectivity index (χ0) is 14.8. The number of halogens is 3. The van der Waals surface area contributed by atoms with Crippen molar-refractivity contribution in [3.05, 3.63) is 83.7 Å². The fourth-order valence-corrected chi connectivity index (χ4v) is 2.78. The number of rotatable bonds is 3. The zero-order valence-electron chi connectivity index (χ0n) is 10.9. The predicted molar refractivity (Wildman–Crippen MR) is 80.7 cm³/mol. The summed E-state index contributed by atoms with van der Waals surface area (Å²) in [4.78, 5) is -0.587. The fraction of sp³-hybridized carbons (Fsp3) is 0.0625. The summed E-state index contributed by atoms with van der Waals surface area (Å²) in [6.45, 7) is 0. The van der Waals surface area contributed by atoms with Gasteiger partial charge in [0.05, 0.1) is 16.7 Å². The van der Waals surface area contributed by atoms with Crippen LogP contribution in [0.5, 0.6) is 0 Å². The second-order valence-corrected chi connectivity index (χ2v) is 5.47. The van der Waals surface area contributed by atoms with Gasteiger partial charge in [-0.05, 0) is 24.3 Å². The number of nitrogens with zero attached hydrogens (tertiary/aromatic N) is 2. The van der Waals surface area contributed by atoms with E-state index in [2.05, 4.69) is 21.0 Å². The summed E-state index contributed by atoms with van der Waals surface area (Å²) in [6, 6.07) is 13.4. The molecule has 2 nitrogen and oxygen atoms in total. The molecule has 2 aromatic carbocycles. The van der Waals surface area contributed by atoms with Gasteiger partial charge >= 0.3 is 0 Å². The molecule has 3 aromatic rings. The smallest absolute Gasteiger partial charge is 0.130 e. The van der Waals surface area contributed by atoms with Gasteiger partial charge in [0, 0.05) is 17.3 Å². The van der Waals surface area contributed by atoms with E-state index in [1.807, 2.05) is 30.3 Å². The molecule has 5 heteroatoms. The molecule has 1 unspecified atom stereocenters. The van der Waals surface area contributed by atoms with Crippen LogP contribution in [0, 0.1) is 11.6 Å². The quantitative estimate of drug-likeness (QED) is 0.630. The molecule has 106 valence electrons. The third-order valence-electron chi connectivity index (χ3n) is 3.17. The van der Waals surface area contributed by atoms with Gasteiger partial charge in [0.15, 0.2) is 0 Å². The first-order valence-corrected chi connectivity index (χ1v) is 7.26.